The minimum atomic E-state index is 0.0855. The van der Waals surface area contributed by atoms with Gasteiger partial charge < -0.3 is 11.1 Å². The lowest BCUT2D eigenvalue weighted by Crippen LogP contribution is -2.25. The quantitative estimate of drug-likeness (QED) is 0.826. The van der Waals surface area contributed by atoms with Gasteiger partial charge in [0.1, 0.15) is 0 Å². The number of rotatable bonds is 7. The highest BCUT2D eigenvalue weighted by Gasteiger charge is 2.06. The van der Waals surface area contributed by atoms with Gasteiger partial charge in [-0.1, -0.05) is 0 Å². The lowest BCUT2D eigenvalue weighted by molar-refractivity contribution is -0.121. The molecule has 0 aliphatic rings. The van der Waals surface area contributed by atoms with Crippen LogP contribution in [0.4, 0.5) is 0 Å². The Labute approximate surface area is 127 Å². The topological polar surface area (TPSA) is 68.0 Å². The third-order valence-corrected chi connectivity index (χ3v) is 4.78. The maximum absolute atomic E-state index is 11.4. The van der Waals surface area contributed by atoms with Crippen LogP contribution in [0.2, 0.25) is 0 Å². The first-order valence-corrected chi connectivity index (χ1v) is 8.36. The molecule has 0 radical (unpaired) electrons. The standard InChI is InChI=1S/C14H19N3OS2/c1-10-17-12(9-19-10)13-5-4-11(20-13)6-8-16-14(18)3-2-7-15/h4-5,9H,2-3,6-8,15H2,1H3,(H,16,18). The van der Waals surface area contributed by atoms with Crippen molar-refractivity contribution in [1.82, 2.24) is 10.3 Å². The highest BCUT2D eigenvalue weighted by atomic mass is 32.1. The van der Waals surface area contributed by atoms with Crippen LogP contribution < -0.4 is 11.1 Å². The van der Waals surface area contributed by atoms with Gasteiger partial charge in [0.2, 0.25) is 5.91 Å². The van der Waals surface area contributed by atoms with E-state index in [1.54, 1.807) is 22.7 Å². The lowest BCUT2D eigenvalue weighted by atomic mass is 10.3. The normalized spacial score (nSPS) is 10.7. The molecule has 0 aromatic carbocycles. The van der Waals surface area contributed by atoms with Crippen LogP contribution in [0.25, 0.3) is 10.6 Å². The van der Waals surface area contributed by atoms with Crippen molar-refractivity contribution in [3.63, 3.8) is 0 Å². The Morgan fingerprint density at radius 1 is 1.45 bits per heavy atom. The summed E-state index contributed by atoms with van der Waals surface area (Å²) in [5.74, 6) is 0.0855. The van der Waals surface area contributed by atoms with E-state index in [4.69, 9.17) is 5.73 Å². The molecule has 0 aliphatic carbocycles. The van der Waals surface area contributed by atoms with E-state index >= 15 is 0 Å². The largest absolute Gasteiger partial charge is 0.356 e. The number of hydrogen-bond acceptors (Lipinski definition) is 5. The number of aryl methyl sites for hydroxylation is 1. The Bertz CT molecular complexity index is 562. The van der Waals surface area contributed by atoms with Gasteiger partial charge in [0, 0.05) is 23.2 Å². The fraction of sp³-hybridized carbons (Fsp3) is 0.429. The molecule has 6 heteroatoms. The lowest BCUT2D eigenvalue weighted by Gasteiger charge is -2.03. The number of nitrogens with one attached hydrogen (secondary N) is 1. The molecular formula is C14H19N3OS2. The fourth-order valence-electron chi connectivity index (χ4n) is 1.80. The zero-order valence-corrected chi connectivity index (χ0v) is 13.1. The van der Waals surface area contributed by atoms with E-state index in [-0.39, 0.29) is 5.91 Å². The van der Waals surface area contributed by atoms with Crippen LogP contribution >= 0.6 is 22.7 Å². The summed E-state index contributed by atoms with van der Waals surface area (Å²) in [6, 6.07) is 4.21. The minimum Gasteiger partial charge on any atom is -0.356 e. The van der Waals surface area contributed by atoms with Gasteiger partial charge in [-0.15, -0.1) is 22.7 Å². The number of thiophene rings is 1. The van der Waals surface area contributed by atoms with E-state index in [1.807, 2.05) is 6.92 Å². The maximum Gasteiger partial charge on any atom is 0.220 e. The third-order valence-electron chi connectivity index (χ3n) is 2.83. The van der Waals surface area contributed by atoms with Crippen LogP contribution in [0.3, 0.4) is 0 Å². The molecule has 0 unspecified atom stereocenters. The van der Waals surface area contributed by atoms with Crippen molar-refractivity contribution in [2.75, 3.05) is 13.1 Å². The first-order chi connectivity index (χ1) is 9.69. The Kier molecular flexibility index (Phi) is 5.70. The van der Waals surface area contributed by atoms with Crippen molar-refractivity contribution >= 4 is 28.6 Å². The van der Waals surface area contributed by atoms with Crippen molar-refractivity contribution in [3.8, 4) is 10.6 Å². The summed E-state index contributed by atoms with van der Waals surface area (Å²) in [6.07, 6.45) is 2.13. The summed E-state index contributed by atoms with van der Waals surface area (Å²) in [7, 11) is 0. The number of hydrogen-bond donors (Lipinski definition) is 2. The van der Waals surface area contributed by atoms with Crippen molar-refractivity contribution in [2.24, 2.45) is 5.73 Å². The SMILES string of the molecule is Cc1nc(-c2ccc(CCNC(=O)CCCN)s2)cs1. The third kappa shape index (κ3) is 4.40. The zero-order valence-electron chi connectivity index (χ0n) is 11.5. The minimum absolute atomic E-state index is 0.0855. The Balaban J connectivity index is 1.80. The number of nitrogens with zero attached hydrogens (tertiary/aromatic N) is 1. The van der Waals surface area contributed by atoms with Crippen LogP contribution in [0.15, 0.2) is 17.5 Å². The first kappa shape index (κ1) is 15.2. The number of amides is 1. The smallest absolute Gasteiger partial charge is 0.220 e. The highest BCUT2D eigenvalue weighted by molar-refractivity contribution is 7.16. The average molecular weight is 309 g/mol. The van der Waals surface area contributed by atoms with Gasteiger partial charge in [-0.3, -0.25) is 4.79 Å². The van der Waals surface area contributed by atoms with Crippen LogP contribution in [0, 0.1) is 6.92 Å². The van der Waals surface area contributed by atoms with Crippen molar-refractivity contribution in [1.29, 1.82) is 0 Å². The van der Waals surface area contributed by atoms with Gasteiger partial charge in [0.15, 0.2) is 0 Å². The summed E-state index contributed by atoms with van der Waals surface area (Å²) in [5, 5.41) is 6.09. The molecule has 0 bridgehead atoms. The Hall–Kier alpha value is -1.24. The fourth-order valence-corrected chi connectivity index (χ4v) is 3.46. The second-order valence-corrected chi connectivity index (χ2v) is 6.74. The molecule has 2 aromatic rings. The maximum atomic E-state index is 11.4. The van der Waals surface area contributed by atoms with Crippen LogP contribution in [0.5, 0.6) is 0 Å². The zero-order chi connectivity index (χ0) is 14.4. The van der Waals surface area contributed by atoms with E-state index in [0.717, 1.165) is 23.5 Å². The van der Waals surface area contributed by atoms with Gasteiger partial charge in [-0.25, -0.2) is 4.98 Å². The summed E-state index contributed by atoms with van der Waals surface area (Å²) in [5.41, 5.74) is 6.42. The Morgan fingerprint density at radius 2 is 2.30 bits per heavy atom. The summed E-state index contributed by atoms with van der Waals surface area (Å²) in [6.45, 7) is 3.26. The molecule has 3 N–H and O–H groups in total. The molecule has 0 atom stereocenters. The summed E-state index contributed by atoms with van der Waals surface area (Å²) >= 11 is 3.41. The number of carbonyl (C=O) groups excluding carboxylic acids is 1. The van der Waals surface area contributed by atoms with Gasteiger partial charge in [-0.05, 0) is 38.4 Å². The molecule has 2 rings (SSSR count). The number of aromatic nitrogens is 1. The van der Waals surface area contributed by atoms with Crippen molar-refractivity contribution in [2.45, 2.75) is 26.2 Å². The molecule has 4 nitrogen and oxygen atoms in total. The van der Waals surface area contributed by atoms with E-state index in [0.29, 0.717) is 19.5 Å². The first-order valence-electron chi connectivity index (χ1n) is 6.67. The molecule has 0 spiro atoms. The highest BCUT2D eigenvalue weighted by Crippen LogP contribution is 2.29. The van der Waals surface area contributed by atoms with Crippen LogP contribution in [-0.4, -0.2) is 24.0 Å². The van der Waals surface area contributed by atoms with E-state index in [9.17, 15) is 4.79 Å². The molecule has 0 fully saturated rings. The predicted molar refractivity (Wildman–Crippen MR) is 85.2 cm³/mol. The molecule has 20 heavy (non-hydrogen) atoms. The van der Waals surface area contributed by atoms with Gasteiger partial charge in [0.25, 0.3) is 0 Å². The van der Waals surface area contributed by atoms with E-state index in [2.05, 4.69) is 27.8 Å². The van der Waals surface area contributed by atoms with E-state index < -0.39 is 0 Å². The van der Waals surface area contributed by atoms with Gasteiger partial charge in [-0.2, -0.15) is 0 Å². The molecule has 108 valence electrons. The monoisotopic (exact) mass is 309 g/mol. The Morgan fingerprint density at radius 3 is 3.00 bits per heavy atom. The van der Waals surface area contributed by atoms with E-state index in [1.165, 1.54) is 9.75 Å². The molecule has 0 saturated carbocycles. The summed E-state index contributed by atoms with van der Waals surface area (Å²) in [4.78, 5) is 18.4. The van der Waals surface area contributed by atoms with Crippen molar-refractivity contribution in [3.05, 3.63) is 27.4 Å². The number of nitrogens with two attached hydrogens (primary N) is 1. The predicted octanol–water partition coefficient (Wildman–Crippen LogP) is 2.58. The number of carbonyl (C=O) groups is 1. The molecule has 2 heterocycles. The number of thiazole rings is 1. The average Bonchev–Trinajstić information content (AvgIpc) is 3.05. The van der Waals surface area contributed by atoms with Crippen LogP contribution in [0.1, 0.15) is 22.7 Å². The molecule has 2 aromatic heterocycles. The summed E-state index contributed by atoms with van der Waals surface area (Å²) < 4.78 is 0. The molecule has 0 saturated heterocycles. The second-order valence-electron chi connectivity index (χ2n) is 4.51. The molecular weight excluding hydrogens is 290 g/mol. The van der Waals surface area contributed by atoms with Crippen LogP contribution in [-0.2, 0) is 11.2 Å². The van der Waals surface area contributed by atoms with Gasteiger partial charge >= 0.3 is 0 Å². The molecule has 1 amide bonds. The van der Waals surface area contributed by atoms with Gasteiger partial charge in [0.05, 0.1) is 15.6 Å². The second kappa shape index (κ2) is 7.52. The molecule has 0 aliphatic heterocycles. The van der Waals surface area contributed by atoms with Crippen molar-refractivity contribution < 1.29 is 4.79 Å².